The molecule has 0 bridgehead atoms. The number of carbonyl (C=O) groups excluding carboxylic acids is 1. The van der Waals surface area contributed by atoms with E-state index in [1.807, 2.05) is 0 Å². The van der Waals surface area contributed by atoms with E-state index in [4.69, 9.17) is 5.11 Å². The molecule has 0 aromatic carbocycles. The molecule has 0 heterocycles. The molecule has 3 N–H and O–H groups in total. The van der Waals surface area contributed by atoms with Gasteiger partial charge in [-0.15, -0.1) is 0 Å². The SMILES string of the molecule is CC(O)C(=O)[O-].O.[K+]. The van der Waals surface area contributed by atoms with Crippen LogP contribution < -0.4 is 56.5 Å². The van der Waals surface area contributed by atoms with Gasteiger partial charge in [0, 0.05) is 0 Å². The summed E-state index contributed by atoms with van der Waals surface area (Å²) in [7, 11) is 0. The van der Waals surface area contributed by atoms with Gasteiger partial charge in [0.1, 0.15) is 0 Å². The molecule has 5 heteroatoms. The number of hydrogen-bond acceptors (Lipinski definition) is 3. The molecule has 0 spiro atoms. The van der Waals surface area contributed by atoms with E-state index >= 15 is 0 Å². The summed E-state index contributed by atoms with van der Waals surface area (Å²) in [5.41, 5.74) is 0. The second-order valence-electron chi connectivity index (χ2n) is 0.995. The average Bonchev–Trinajstić information content (AvgIpc) is 1.36. The smallest absolute Gasteiger partial charge is 0.547 e. The molecule has 4 nitrogen and oxygen atoms in total. The maximum Gasteiger partial charge on any atom is 1.00 e. The van der Waals surface area contributed by atoms with Gasteiger partial charge in [-0.05, 0) is 6.92 Å². The molecule has 44 valence electrons. The molecule has 0 aliphatic rings. The van der Waals surface area contributed by atoms with Gasteiger partial charge in [0.15, 0.2) is 0 Å². The quantitative estimate of drug-likeness (QED) is 0.374. The first-order valence-electron chi connectivity index (χ1n) is 1.53. The minimum Gasteiger partial charge on any atom is -0.547 e. The summed E-state index contributed by atoms with van der Waals surface area (Å²) in [5.74, 6) is -1.44. The van der Waals surface area contributed by atoms with Crippen molar-refractivity contribution in [3.63, 3.8) is 0 Å². The Morgan fingerprint density at radius 3 is 1.88 bits per heavy atom. The minimum atomic E-state index is -1.44. The van der Waals surface area contributed by atoms with Gasteiger partial charge in [0.05, 0.1) is 12.1 Å². The molecule has 0 saturated heterocycles. The van der Waals surface area contributed by atoms with Gasteiger partial charge in [0.25, 0.3) is 0 Å². The van der Waals surface area contributed by atoms with Crippen molar-refractivity contribution >= 4 is 5.97 Å². The van der Waals surface area contributed by atoms with Gasteiger partial charge < -0.3 is 20.5 Å². The van der Waals surface area contributed by atoms with Crippen LogP contribution >= 0.6 is 0 Å². The maximum atomic E-state index is 9.34. The van der Waals surface area contributed by atoms with E-state index in [2.05, 4.69) is 0 Å². The van der Waals surface area contributed by atoms with Gasteiger partial charge in [-0.1, -0.05) is 0 Å². The Hall–Kier alpha value is 1.03. The van der Waals surface area contributed by atoms with Crippen molar-refractivity contribution in [3.8, 4) is 0 Å². The first-order chi connectivity index (χ1) is 2.64. The van der Waals surface area contributed by atoms with E-state index < -0.39 is 12.1 Å². The molecule has 1 atom stereocenters. The fourth-order valence-corrected chi connectivity index (χ4v) is 0. The topological polar surface area (TPSA) is 91.9 Å². The van der Waals surface area contributed by atoms with Crippen LogP contribution in [-0.4, -0.2) is 22.7 Å². The van der Waals surface area contributed by atoms with Crippen molar-refractivity contribution in [2.75, 3.05) is 0 Å². The Morgan fingerprint density at radius 1 is 1.75 bits per heavy atom. The average molecular weight is 146 g/mol. The third-order valence-corrected chi connectivity index (χ3v) is 0.341. The van der Waals surface area contributed by atoms with E-state index in [0.717, 1.165) is 6.92 Å². The Morgan fingerprint density at radius 2 is 1.88 bits per heavy atom. The number of aliphatic carboxylic acids is 1. The molecule has 0 fully saturated rings. The first kappa shape index (κ1) is 16.0. The Kier molecular flexibility index (Phi) is 16.1. The van der Waals surface area contributed by atoms with Crippen molar-refractivity contribution in [1.82, 2.24) is 0 Å². The number of carboxylic acid groups (broad SMARTS) is 1. The maximum absolute atomic E-state index is 9.34. The molecule has 0 saturated carbocycles. The van der Waals surface area contributed by atoms with Crippen molar-refractivity contribution < 1.29 is 71.9 Å². The summed E-state index contributed by atoms with van der Waals surface area (Å²) in [6, 6.07) is 0. The number of carbonyl (C=O) groups is 1. The van der Waals surface area contributed by atoms with Crippen molar-refractivity contribution in [2.45, 2.75) is 13.0 Å². The second kappa shape index (κ2) is 8.03. The molecule has 0 aliphatic carbocycles. The minimum absolute atomic E-state index is 0. The molecule has 1 unspecified atom stereocenters. The van der Waals surface area contributed by atoms with Crippen LogP contribution in [0, 0.1) is 0 Å². The normalized spacial score (nSPS) is 10.2. The fourth-order valence-electron chi connectivity index (χ4n) is 0. The Labute approximate surface area is 89.6 Å². The van der Waals surface area contributed by atoms with Crippen molar-refractivity contribution in [3.05, 3.63) is 0 Å². The van der Waals surface area contributed by atoms with Gasteiger partial charge in [-0.3, -0.25) is 0 Å². The molecule has 0 amide bonds. The van der Waals surface area contributed by atoms with E-state index in [9.17, 15) is 9.90 Å². The van der Waals surface area contributed by atoms with E-state index in [1.165, 1.54) is 0 Å². The Bertz CT molecular complexity index is 62.3. The van der Waals surface area contributed by atoms with Crippen molar-refractivity contribution in [2.24, 2.45) is 0 Å². The molecule has 0 aromatic heterocycles. The monoisotopic (exact) mass is 146 g/mol. The first-order valence-corrected chi connectivity index (χ1v) is 1.53. The zero-order chi connectivity index (χ0) is 5.15. The number of rotatable bonds is 1. The van der Waals surface area contributed by atoms with Gasteiger partial charge in [0.2, 0.25) is 0 Å². The van der Waals surface area contributed by atoms with E-state index in [-0.39, 0.29) is 56.9 Å². The largest absolute Gasteiger partial charge is 1.00 e. The predicted octanol–water partition coefficient (Wildman–Crippen LogP) is -5.70. The zero-order valence-corrected chi connectivity index (χ0v) is 7.96. The van der Waals surface area contributed by atoms with Gasteiger partial charge in [-0.25, -0.2) is 0 Å². The molecule has 0 aliphatic heterocycles. The van der Waals surface area contributed by atoms with E-state index in [0.29, 0.717) is 0 Å². The van der Waals surface area contributed by atoms with Crippen LogP contribution in [-0.2, 0) is 4.79 Å². The van der Waals surface area contributed by atoms with Crippen LogP contribution in [0.4, 0.5) is 0 Å². The summed E-state index contributed by atoms with van der Waals surface area (Å²) in [5, 5.41) is 17.3. The Balaban J connectivity index is -0.000000125. The van der Waals surface area contributed by atoms with Crippen LogP contribution in [0.25, 0.3) is 0 Å². The molecular weight excluding hydrogens is 139 g/mol. The summed E-state index contributed by atoms with van der Waals surface area (Å²) >= 11 is 0. The molecule has 0 rings (SSSR count). The number of aliphatic hydroxyl groups excluding tert-OH is 1. The molecule has 8 heavy (non-hydrogen) atoms. The standard InChI is InChI=1S/C3H6O3.K.H2O/c1-2(4)3(5)6;;/h2,4H,1H3,(H,5,6);;1H2/q;+1;/p-1. The third kappa shape index (κ3) is 10.1. The summed E-state index contributed by atoms with van der Waals surface area (Å²) in [4.78, 5) is 9.34. The number of hydrogen-bond donors (Lipinski definition) is 1. The summed E-state index contributed by atoms with van der Waals surface area (Å²) < 4.78 is 0. The molecular formula is C3H7KO4. The van der Waals surface area contributed by atoms with Crippen LogP contribution in [0.3, 0.4) is 0 Å². The zero-order valence-electron chi connectivity index (χ0n) is 4.84. The fraction of sp³-hybridized carbons (Fsp3) is 0.667. The van der Waals surface area contributed by atoms with Crippen molar-refractivity contribution in [1.29, 1.82) is 0 Å². The number of aliphatic hydroxyl groups is 1. The molecule has 0 aromatic rings. The van der Waals surface area contributed by atoms with Crippen LogP contribution in [0.2, 0.25) is 0 Å². The summed E-state index contributed by atoms with van der Waals surface area (Å²) in [6.07, 6.45) is -1.34. The van der Waals surface area contributed by atoms with Crippen LogP contribution in [0.15, 0.2) is 0 Å². The molecule has 0 radical (unpaired) electrons. The van der Waals surface area contributed by atoms with Crippen LogP contribution in [0.1, 0.15) is 6.92 Å². The van der Waals surface area contributed by atoms with Gasteiger partial charge in [-0.2, -0.15) is 0 Å². The third-order valence-electron chi connectivity index (χ3n) is 0.341. The summed E-state index contributed by atoms with van der Waals surface area (Å²) in [6.45, 7) is 1.13. The van der Waals surface area contributed by atoms with Gasteiger partial charge >= 0.3 is 51.4 Å². The van der Waals surface area contributed by atoms with Crippen LogP contribution in [0.5, 0.6) is 0 Å². The second-order valence-corrected chi connectivity index (χ2v) is 0.995. The van der Waals surface area contributed by atoms with E-state index in [1.54, 1.807) is 0 Å². The number of carboxylic acids is 1. The predicted molar refractivity (Wildman–Crippen MR) is 20.3 cm³/mol.